The van der Waals surface area contributed by atoms with Crippen molar-refractivity contribution in [2.24, 2.45) is 5.92 Å². The average molecular weight is 521 g/mol. The van der Waals surface area contributed by atoms with Gasteiger partial charge in [-0.2, -0.15) is 0 Å². The van der Waals surface area contributed by atoms with Crippen LogP contribution in [0.1, 0.15) is 35.8 Å². The second-order valence-corrected chi connectivity index (χ2v) is 10.7. The molecule has 1 aliphatic rings. The summed E-state index contributed by atoms with van der Waals surface area (Å²) in [7, 11) is 1.78. The molecular formula is C27H28N4O3S2. The van der Waals surface area contributed by atoms with Crippen LogP contribution in [-0.4, -0.2) is 53.5 Å². The van der Waals surface area contributed by atoms with Crippen molar-refractivity contribution in [2.75, 3.05) is 31.6 Å². The van der Waals surface area contributed by atoms with Gasteiger partial charge >= 0.3 is 5.97 Å². The highest BCUT2D eigenvalue weighted by Gasteiger charge is 2.30. The van der Waals surface area contributed by atoms with Gasteiger partial charge < -0.3 is 14.5 Å². The van der Waals surface area contributed by atoms with Crippen LogP contribution in [0.5, 0.6) is 0 Å². The second kappa shape index (κ2) is 10.8. The highest BCUT2D eigenvalue weighted by atomic mass is 32.1. The van der Waals surface area contributed by atoms with E-state index in [9.17, 15) is 9.59 Å². The van der Waals surface area contributed by atoms with Gasteiger partial charge in [0, 0.05) is 30.2 Å². The Labute approximate surface area is 218 Å². The van der Waals surface area contributed by atoms with E-state index in [1.165, 1.54) is 21.4 Å². The Bertz CT molecular complexity index is 1340. The third kappa shape index (κ3) is 5.12. The number of ether oxygens (including phenoxy) is 1. The molecule has 36 heavy (non-hydrogen) atoms. The minimum atomic E-state index is -0.232. The molecule has 7 nitrogen and oxygen atoms in total. The highest BCUT2D eigenvalue weighted by molar-refractivity contribution is 7.22. The van der Waals surface area contributed by atoms with E-state index < -0.39 is 0 Å². The fourth-order valence-electron chi connectivity index (χ4n) is 4.56. The van der Waals surface area contributed by atoms with Crippen LogP contribution >= 0.6 is 22.7 Å². The van der Waals surface area contributed by atoms with Gasteiger partial charge in [0.1, 0.15) is 5.82 Å². The molecule has 0 saturated carbocycles. The van der Waals surface area contributed by atoms with Crippen molar-refractivity contribution >= 4 is 50.5 Å². The smallest absolute Gasteiger partial charge is 0.310 e. The first-order valence-corrected chi connectivity index (χ1v) is 13.8. The fraction of sp³-hybridized carbons (Fsp3) is 0.333. The SMILES string of the molecule is CCOC(=O)[C@H]1CCCN(c2nc(-c3cc4ccccc4s3)ccc2C(=O)N(C)Cc2cscn2)C1. The molecule has 4 heterocycles. The van der Waals surface area contributed by atoms with Crippen molar-refractivity contribution < 1.29 is 14.3 Å². The largest absolute Gasteiger partial charge is 0.466 e. The summed E-state index contributed by atoms with van der Waals surface area (Å²) in [5, 5.41) is 3.12. The summed E-state index contributed by atoms with van der Waals surface area (Å²) in [5.74, 6) is 0.0845. The molecule has 1 atom stereocenters. The molecule has 186 valence electrons. The number of anilines is 1. The van der Waals surface area contributed by atoms with Crippen LogP contribution < -0.4 is 4.90 Å². The normalized spacial score (nSPS) is 15.7. The van der Waals surface area contributed by atoms with E-state index in [1.807, 2.05) is 36.6 Å². The van der Waals surface area contributed by atoms with Crippen LogP contribution in [0.2, 0.25) is 0 Å². The minimum Gasteiger partial charge on any atom is -0.466 e. The van der Waals surface area contributed by atoms with Crippen molar-refractivity contribution in [3.05, 3.63) is 64.6 Å². The van der Waals surface area contributed by atoms with Crippen LogP contribution in [0.4, 0.5) is 5.82 Å². The Morgan fingerprint density at radius 2 is 2.08 bits per heavy atom. The molecular weight excluding hydrogens is 492 g/mol. The lowest BCUT2D eigenvalue weighted by Gasteiger charge is -2.34. The first kappa shape index (κ1) is 24.4. The number of nitrogens with zero attached hydrogens (tertiary/aromatic N) is 4. The summed E-state index contributed by atoms with van der Waals surface area (Å²) in [5.41, 5.74) is 3.97. The number of hydrogen-bond acceptors (Lipinski definition) is 8. The summed E-state index contributed by atoms with van der Waals surface area (Å²) in [6, 6.07) is 14.2. The summed E-state index contributed by atoms with van der Waals surface area (Å²) < 4.78 is 6.50. The number of pyridine rings is 1. The van der Waals surface area contributed by atoms with Gasteiger partial charge in [-0.15, -0.1) is 22.7 Å². The molecule has 0 radical (unpaired) electrons. The number of piperidine rings is 1. The first-order valence-electron chi connectivity index (χ1n) is 12.1. The molecule has 0 unspecified atom stereocenters. The van der Waals surface area contributed by atoms with Gasteiger partial charge in [-0.25, -0.2) is 9.97 Å². The molecule has 5 rings (SSSR count). The standard InChI is InChI=1S/C27H28N4O3S2/c1-3-34-27(33)19-8-6-12-31(14-19)25-21(26(32)30(2)15-20-16-35-17-28-20)10-11-22(29-25)24-13-18-7-4-5-9-23(18)36-24/h4-5,7,9-11,13,16-17,19H,3,6,8,12,14-15H2,1-2H3/t19-/m0/s1. The highest BCUT2D eigenvalue weighted by Crippen LogP contribution is 2.35. The van der Waals surface area contributed by atoms with E-state index in [2.05, 4.69) is 28.1 Å². The number of fused-ring (bicyclic) bond motifs is 1. The molecule has 1 amide bonds. The topological polar surface area (TPSA) is 75.6 Å². The van der Waals surface area contributed by atoms with Gasteiger partial charge in [-0.05, 0) is 49.4 Å². The Kier molecular flexibility index (Phi) is 7.29. The number of rotatable bonds is 7. The Hall–Kier alpha value is -3.30. The quantitative estimate of drug-likeness (QED) is 0.301. The van der Waals surface area contributed by atoms with Gasteiger partial charge in [0.05, 0.1) is 46.4 Å². The predicted octanol–water partition coefficient (Wildman–Crippen LogP) is 5.47. The van der Waals surface area contributed by atoms with Crippen LogP contribution in [-0.2, 0) is 16.1 Å². The van der Waals surface area contributed by atoms with Crippen LogP contribution in [0.15, 0.2) is 53.4 Å². The number of carbonyl (C=O) groups excluding carboxylic acids is 2. The molecule has 1 aromatic carbocycles. The number of benzene rings is 1. The molecule has 4 aromatic rings. The van der Waals surface area contributed by atoms with E-state index in [1.54, 1.807) is 28.8 Å². The summed E-state index contributed by atoms with van der Waals surface area (Å²) in [4.78, 5) is 40.2. The number of carbonyl (C=O) groups is 2. The van der Waals surface area contributed by atoms with Gasteiger partial charge in [0.15, 0.2) is 0 Å². The van der Waals surface area contributed by atoms with E-state index in [-0.39, 0.29) is 17.8 Å². The van der Waals surface area contributed by atoms with Crippen molar-refractivity contribution in [1.29, 1.82) is 0 Å². The number of esters is 1. The second-order valence-electron chi connectivity index (χ2n) is 8.89. The van der Waals surface area contributed by atoms with Crippen LogP contribution in [0, 0.1) is 5.92 Å². The molecule has 0 spiro atoms. The fourth-order valence-corrected chi connectivity index (χ4v) is 6.14. The maximum absolute atomic E-state index is 13.6. The zero-order valence-electron chi connectivity index (χ0n) is 20.3. The van der Waals surface area contributed by atoms with Crippen molar-refractivity contribution in [2.45, 2.75) is 26.3 Å². The van der Waals surface area contributed by atoms with Crippen molar-refractivity contribution in [3.8, 4) is 10.6 Å². The van der Waals surface area contributed by atoms with E-state index in [0.717, 1.165) is 35.7 Å². The lowest BCUT2D eigenvalue weighted by atomic mass is 9.97. The molecule has 1 saturated heterocycles. The first-order chi connectivity index (χ1) is 17.5. The zero-order chi connectivity index (χ0) is 25.1. The van der Waals surface area contributed by atoms with E-state index in [0.29, 0.717) is 31.1 Å². The molecule has 0 N–H and O–H groups in total. The maximum Gasteiger partial charge on any atom is 0.310 e. The maximum atomic E-state index is 13.6. The Morgan fingerprint density at radius 3 is 2.86 bits per heavy atom. The predicted molar refractivity (Wildman–Crippen MR) is 145 cm³/mol. The number of aromatic nitrogens is 2. The Morgan fingerprint density at radius 1 is 1.22 bits per heavy atom. The summed E-state index contributed by atoms with van der Waals surface area (Å²) >= 11 is 3.19. The van der Waals surface area contributed by atoms with Crippen LogP contribution in [0.25, 0.3) is 20.7 Å². The van der Waals surface area contributed by atoms with Gasteiger partial charge in [-0.3, -0.25) is 9.59 Å². The monoisotopic (exact) mass is 520 g/mol. The third-order valence-corrected chi connectivity index (χ3v) is 8.13. The molecule has 0 aliphatic carbocycles. The van der Waals surface area contributed by atoms with E-state index in [4.69, 9.17) is 9.72 Å². The lowest BCUT2D eigenvalue weighted by molar-refractivity contribution is -0.148. The minimum absolute atomic E-state index is 0.119. The third-order valence-electron chi connectivity index (χ3n) is 6.35. The summed E-state index contributed by atoms with van der Waals surface area (Å²) in [6.07, 6.45) is 1.61. The Balaban J connectivity index is 1.51. The van der Waals surface area contributed by atoms with Gasteiger partial charge in [0.25, 0.3) is 5.91 Å². The van der Waals surface area contributed by atoms with Crippen molar-refractivity contribution in [3.63, 3.8) is 0 Å². The number of thiophene rings is 1. The number of thiazole rings is 1. The van der Waals surface area contributed by atoms with Gasteiger partial charge in [0.2, 0.25) is 0 Å². The molecule has 3 aromatic heterocycles. The van der Waals surface area contributed by atoms with E-state index >= 15 is 0 Å². The molecule has 0 bridgehead atoms. The molecule has 1 aliphatic heterocycles. The molecule has 1 fully saturated rings. The zero-order valence-corrected chi connectivity index (χ0v) is 22.0. The number of amides is 1. The number of hydrogen-bond donors (Lipinski definition) is 0. The van der Waals surface area contributed by atoms with Crippen molar-refractivity contribution in [1.82, 2.24) is 14.9 Å². The molecule has 9 heteroatoms. The van der Waals surface area contributed by atoms with Crippen LogP contribution in [0.3, 0.4) is 0 Å². The van der Waals surface area contributed by atoms with Gasteiger partial charge in [-0.1, -0.05) is 18.2 Å². The summed E-state index contributed by atoms with van der Waals surface area (Å²) in [6.45, 7) is 3.82. The lowest BCUT2D eigenvalue weighted by Crippen LogP contribution is -2.41. The average Bonchev–Trinajstić information content (AvgIpc) is 3.58.